The van der Waals surface area contributed by atoms with Crippen molar-refractivity contribution in [3.8, 4) is 5.75 Å². The summed E-state index contributed by atoms with van der Waals surface area (Å²) in [7, 11) is 0. The lowest BCUT2D eigenvalue weighted by Crippen LogP contribution is -1.96. The van der Waals surface area contributed by atoms with Crippen LogP contribution in [-0.4, -0.2) is 16.4 Å². The molecule has 3 nitrogen and oxygen atoms in total. The first-order chi connectivity index (χ1) is 5.24. The molecule has 0 spiro atoms. The van der Waals surface area contributed by atoms with Gasteiger partial charge in [0, 0.05) is 6.21 Å². The average Bonchev–Trinajstić information content (AvgIpc) is 2.05. The Morgan fingerprint density at radius 3 is 2.27 bits per heavy atom. The summed E-state index contributed by atoms with van der Waals surface area (Å²) in [6, 6.07) is 6.10. The number of benzene rings is 1. The summed E-state index contributed by atoms with van der Waals surface area (Å²) in [5, 5.41) is 24.7. The highest BCUT2D eigenvalue weighted by atomic mass is 16.3. The van der Waals surface area contributed by atoms with E-state index in [1.54, 1.807) is 12.1 Å². The van der Waals surface area contributed by atoms with Crippen molar-refractivity contribution < 1.29 is 10.2 Å². The van der Waals surface area contributed by atoms with E-state index in [0.29, 0.717) is 5.56 Å². The standard InChI is InChI=1S/C8H9NO2/c9-5-8(11)6-1-3-7(10)4-2-6/h1-5,8-11H/t8-/m1/s1. The fourth-order valence-corrected chi connectivity index (χ4v) is 0.768. The molecule has 0 aliphatic carbocycles. The number of hydrogen-bond donors (Lipinski definition) is 3. The van der Waals surface area contributed by atoms with E-state index in [1.165, 1.54) is 12.1 Å². The van der Waals surface area contributed by atoms with E-state index in [9.17, 15) is 0 Å². The molecule has 3 heteroatoms. The lowest BCUT2D eigenvalue weighted by atomic mass is 10.1. The van der Waals surface area contributed by atoms with Crippen LogP contribution in [0.5, 0.6) is 5.75 Å². The van der Waals surface area contributed by atoms with Gasteiger partial charge in [0.05, 0.1) is 0 Å². The molecule has 0 saturated heterocycles. The van der Waals surface area contributed by atoms with Crippen LogP contribution in [0.4, 0.5) is 0 Å². The van der Waals surface area contributed by atoms with Crippen LogP contribution < -0.4 is 0 Å². The number of hydrogen-bond acceptors (Lipinski definition) is 3. The van der Waals surface area contributed by atoms with E-state index in [1.807, 2.05) is 0 Å². The number of nitrogens with one attached hydrogen (secondary N) is 1. The zero-order chi connectivity index (χ0) is 8.27. The lowest BCUT2D eigenvalue weighted by molar-refractivity contribution is 0.251. The number of phenolic OH excluding ortho intramolecular Hbond substituents is 1. The highest BCUT2D eigenvalue weighted by molar-refractivity contribution is 5.62. The summed E-state index contributed by atoms with van der Waals surface area (Å²) in [6.45, 7) is 0. The smallest absolute Gasteiger partial charge is 0.115 e. The molecule has 0 amide bonds. The van der Waals surface area contributed by atoms with Crippen LogP contribution in [0, 0.1) is 5.41 Å². The molecule has 0 heterocycles. The first kappa shape index (κ1) is 7.75. The van der Waals surface area contributed by atoms with Crippen LogP contribution in [-0.2, 0) is 0 Å². The Hall–Kier alpha value is -1.35. The largest absolute Gasteiger partial charge is 0.508 e. The maximum absolute atomic E-state index is 9.10. The van der Waals surface area contributed by atoms with Crippen LogP contribution in [0.2, 0.25) is 0 Å². The minimum Gasteiger partial charge on any atom is -0.508 e. The van der Waals surface area contributed by atoms with Gasteiger partial charge < -0.3 is 15.6 Å². The highest BCUT2D eigenvalue weighted by Gasteiger charge is 2.01. The van der Waals surface area contributed by atoms with Gasteiger partial charge in [-0.3, -0.25) is 0 Å². The molecule has 0 aromatic heterocycles. The third kappa shape index (κ3) is 1.78. The number of aromatic hydroxyl groups is 1. The monoisotopic (exact) mass is 151 g/mol. The van der Waals surface area contributed by atoms with Crippen molar-refractivity contribution in [2.45, 2.75) is 6.10 Å². The molecule has 11 heavy (non-hydrogen) atoms. The Morgan fingerprint density at radius 2 is 1.82 bits per heavy atom. The number of phenols is 1. The predicted molar refractivity (Wildman–Crippen MR) is 41.9 cm³/mol. The second-order valence-corrected chi connectivity index (χ2v) is 2.20. The van der Waals surface area contributed by atoms with Gasteiger partial charge in [0.15, 0.2) is 0 Å². The normalized spacial score (nSPS) is 12.5. The van der Waals surface area contributed by atoms with Crippen LogP contribution >= 0.6 is 0 Å². The molecule has 1 aromatic carbocycles. The zero-order valence-electron chi connectivity index (χ0n) is 5.86. The van der Waals surface area contributed by atoms with Gasteiger partial charge in [0.2, 0.25) is 0 Å². The van der Waals surface area contributed by atoms with Gasteiger partial charge >= 0.3 is 0 Å². The Labute approximate surface area is 64.4 Å². The highest BCUT2D eigenvalue weighted by Crippen LogP contribution is 2.14. The molecule has 0 aliphatic heterocycles. The van der Waals surface area contributed by atoms with E-state index in [0.717, 1.165) is 6.21 Å². The lowest BCUT2D eigenvalue weighted by Gasteiger charge is -2.02. The van der Waals surface area contributed by atoms with Crippen molar-refractivity contribution in [3.63, 3.8) is 0 Å². The van der Waals surface area contributed by atoms with E-state index in [2.05, 4.69) is 0 Å². The van der Waals surface area contributed by atoms with Gasteiger partial charge in [-0.1, -0.05) is 12.1 Å². The van der Waals surface area contributed by atoms with Crippen molar-refractivity contribution in [1.29, 1.82) is 5.41 Å². The molecule has 1 atom stereocenters. The van der Waals surface area contributed by atoms with E-state index in [4.69, 9.17) is 15.6 Å². The van der Waals surface area contributed by atoms with Crippen LogP contribution in [0.25, 0.3) is 0 Å². The van der Waals surface area contributed by atoms with Gasteiger partial charge in [-0.2, -0.15) is 0 Å². The third-order valence-corrected chi connectivity index (χ3v) is 1.39. The molecule has 0 bridgehead atoms. The minimum atomic E-state index is -0.865. The molecular weight excluding hydrogens is 142 g/mol. The van der Waals surface area contributed by atoms with E-state index >= 15 is 0 Å². The third-order valence-electron chi connectivity index (χ3n) is 1.39. The molecule has 1 rings (SSSR count). The van der Waals surface area contributed by atoms with Gasteiger partial charge in [-0.25, -0.2) is 0 Å². The number of rotatable bonds is 2. The van der Waals surface area contributed by atoms with E-state index < -0.39 is 6.10 Å². The summed E-state index contributed by atoms with van der Waals surface area (Å²) in [5.74, 6) is 0.158. The van der Waals surface area contributed by atoms with Gasteiger partial charge in [-0.15, -0.1) is 0 Å². The van der Waals surface area contributed by atoms with Gasteiger partial charge in [-0.05, 0) is 17.7 Å². The number of aliphatic hydroxyl groups is 1. The molecule has 0 unspecified atom stereocenters. The zero-order valence-corrected chi connectivity index (χ0v) is 5.86. The second-order valence-electron chi connectivity index (χ2n) is 2.20. The van der Waals surface area contributed by atoms with Crippen LogP contribution in [0.3, 0.4) is 0 Å². The fourth-order valence-electron chi connectivity index (χ4n) is 0.768. The Morgan fingerprint density at radius 1 is 1.27 bits per heavy atom. The quantitative estimate of drug-likeness (QED) is 0.553. The summed E-state index contributed by atoms with van der Waals surface area (Å²) in [4.78, 5) is 0. The van der Waals surface area contributed by atoms with Gasteiger partial charge in [0.25, 0.3) is 0 Å². The molecular formula is C8H9NO2. The Kier molecular flexibility index (Phi) is 2.23. The first-order valence-electron chi connectivity index (χ1n) is 3.21. The SMILES string of the molecule is N=C[C@@H](O)c1ccc(O)cc1. The Balaban J connectivity index is 2.89. The molecule has 0 aliphatic rings. The first-order valence-corrected chi connectivity index (χ1v) is 3.21. The average molecular weight is 151 g/mol. The predicted octanol–water partition coefficient (Wildman–Crippen LogP) is 1.08. The van der Waals surface area contributed by atoms with Gasteiger partial charge in [0.1, 0.15) is 11.9 Å². The molecule has 58 valence electrons. The fraction of sp³-hybridized carbons (Fsp3) is 0.125. The Bertz CT molecular complexity index is 243. The maximum atomic E-state index is 9.10. The molecule has 0 fully saturated rings. The summed E-state index contributed by atoms with van der Waals surface area (Å²) < 4.78 is 0. The van der Waals surface area contributed by atoms with Crippen molar-refractivity contribution >= 4 is 6.21 Å². The molecule has 3 N–H and O–H groups in total. The summed E-state index contributed by atoms with van der Waals surface area (Å²) in [6.07, 6.45) is 0.0717. The van der Waals surface area contributed by atoms with Crippen molar-refractivity contribution in [2.75, 3.05) is 0 Å². The topological polar surface area (TPSA) is 64.3 Å². The van der Waals surface area contributed by atoms with Crippen molar-refractivity contribution in [1.82, 2.24) is 0 Å². The number of aliphatic hydroxyl groups excluding tert-OH is 1. The van der Waals surface area contributed by atoms with E-state index in [-0.39, 0.29) is 5.75 Å². The summed E-state index contributed by atoms with van der Waals surface area (Å²) in [5.41, 5.74) is 0.609. The maximum Gasteiger partial charge on any atom is 0.115 e. The second kappa shape index (κ2) is 3.16. The minimum absolute atomic E-state index is 0.158. The van der Waals surface area contributed by atoms with Crippen molar-refractivity contribution in [3.05, 3.63) is 29.8 Å². The molecule has 0 saturated carbocycles. The van der Waals surface area contributed by atoms with Crippen LogP contribution in [0.1, 0.15) is 11.7 Å². The summed E-state index contributed by atoms with van der Waals surface area (Å²) >= 11 is 0. The van der Waals surface area contributed by atoms with Crippen LogP contribution in [0.15, 0.2) is 24.3 Å². The van der Waals surface area contributed by atoms with Crippen molar-refractivity contribution in [2.24, 2.45) is 0 Å². The molecule has 0 radical (unpaired) electrons. The molecule has 1 aromatic rings.